The van der Waals surface area contributed by atoms with Gasteiger partial charge < -0.3 is 5.11 Å². The van der Waals surface area contributed by atoms with Crippen molar-refractivity contribution in [2.24, 2.45) is 0 Å². The van der Waals surface area contributed by atoms with Gasteiger partial charge in [0.15, 0.2) is 0 Å². The number of nitrogens with zero attached hydrogens (tertiary/aromatic N) is 1. The Morgan fingerprint density at radius 3 is 2.40 bits per heavy atom. The van der Waals surface area contributed by atoms with Crippen LogP contribution in [-0.4, -0.2) is 29.9 Å². The van der Waals surface area contributed by atoms with Gasteiger partial charge in [0.2, 0.25) is 10.0 Å². The van der Waals surface area contributed by atoms with Crippen LogP contribution in [0.25, 0.3) is 0 Å². The van der Waals surface area contributed by atoms with E-state index in [0.717, 1.165) is 19.3 Å². The van der Waals surface area contributed by atoms with Crippen LogP contribution in [0.3, 0.4) is 0 Å². The molecular weight excluding hydrogens is 274 g/mol. The van der Waals surface area contributed by atoms with Gasteiger partial charge in [-0.2, -0.15) is 4.31 Å². The molecule has 5 heteroatoms. The van der Waals surface area contributed by atoms with Gasteiger partial charge in [-0.15, -0.1) is 0 Å². The summed E-state index contributed by atoms with van der Waals surface area (Å²) in [5.74, 6) is 0. The van der Waals surface area contributed by atoms with E-state index in [0.29, 0.717) is 16.0 Å². The summed E-state index contributed by atoms with van der Waals surface area (Å²) in [5.41, 5.74) is 1.32. The monoisotopic (exact) mass is 297 g/mol. The lowest BCUT2D eigenvalue weighted by atomic mass is 10.0. The molecule has 0 aliphatic carbocycles. The van der Waals surface area contributed by atoms with Gasteiger partial charge in [-0.3, -0.25) is 0 Å². The van der Waals surface area contributed by atoms with E-state index in [-0.39, 0.29) is 18.7 Å². The summed E-state index contributed by atoms with van der Waals surface area (Å²) < 4.78 is 27.5. The number of aliphatic hydroxyl groups is 1. The lowest BCUT2D eigenvalue weighted by Gasteiger charge is -2.38. The molecule has 1 aliphatic heterocycles. The van der Waals surface area contributed by atoms with Crippen LogP contribution in [0.15, 0.2) is 23.1 Å². The van der Waals surface area contributed by atoms with Crippen LogP contribution < -0.4 is 0 Å². The zero-order valence-electron chi connectivity index (χ0n) is 12.3. The summed E-state index contributed by atoms with van der Waals surface area (Å²) in [4.78, 5) is 0.324. The lowest BCUT2D eigenvalue weighted by Crippen LogP contribution is -2.47. The zero-order valence-corrected chi connectivity index (χ0v) is 13.2. The molecule has 0 aromatic heterocycles. The Hall–Kier alpha value is -0.910. The van der Waals surface area contributed by atoms with E-state index < -0.39 is 10.0 Å². The highest BCUT2D eigenvalue weighted by atomic mass is 32.2. The van der Waals surface area contributed by atoms with Crippen LogP contribution in [0.5, 0.6) is 0 Å². The highest BCUT2D eigenvalue weighted by molar-refractivity contribution is 7.89. The normalized spacial score (nSPS) is 24.8. The minimum Gasteiger partial charge on any atom is -0.392 e. The Labute approximate surface area is 121 Å². The maximum atomic E-state index is 12.9. The fourth-order valence-electron chi connectivity index (χ4n) is 3.10. The fourth-order valence-corrected chi connectivity index (χ4v) is 5.25. The topological polar surface area (TPSA) is 57.6 Å². The Morgan fingerprint density at radius 2 is 1.85 bits per heavy atom. The van der Waals surface area contributed by atoms with Crippen LogP contribution in [0.1, 0.15) is 44.2 Å². The van der Waals surface area contributed by atoms with Crippen LogP contribution in [0.4, 0.5) is 0 Å². The second-order valence-corrected chi connectivity index (χ2v) is 7.47. The van der Waals surface area contributed by atoms with Crippen LogP contribution in [0, 0.1) is 6.92 Å². The molecule has 2 atom stereocenters. The third kappa shape index (κ3) is 2.62. The van der Waals surface area contributed by atoms with E-state index in [2.05, 4.69) is 0 Å². The van der Waals surface area contributed by atoms with Crippen molar-refractivity contribution >= 4 is 10.0 Å². The van der Waals surface area contributed by atoms with Crippen molar-refractivity contribution in [3.05, 3.63) is 29.3 Å². The van der Waals surface area contributed by atoms with Gasteiger partial charge in [0.25, 0.3) is 0 Å². The maximum Gasteiger partial charge on any atom is 0.243 e. The third-order valence-electron chi connectivity index (χ3n) is 4.23. The van der Waals surface area contributed by atoms with Crippen molar-refractivity contribution in [3.8, 4) is 0 Å². The molecule has 1 N–H and O–H groups in total. The van der Waals surface area contributed by atoms with Gasteiger partial charge in [-0.05, 0) is 50.8 Å². The quantitative estimate of drug-likeness (QED) is 0.932. The predicted molar refractivity (Wildman–Crippen MR) is 78.9 cm³/mol. The fraction of sp³-hybridized carbons (Fsp3) is 0.600. The number of piperidine rings is 1. The molecular formula is C15H23NO3S. The van der Waals surface area contributed by atoms with Gasteiger partial charge in [0, 0.05) is 12.1 Å². The van der Waals surface area contributed by atoms with Crippen molar-refractivity contribution in [2.45, 2.75) is 63.6 Å². The summed E-state index contributed by atoms with van der Waals surface area (Å²) in [5, 5.41) is 9.31. The van der Waals surface area contributed by atoms with E-state index in [1.54, 1.807) is 29.4 Å². The van der Waals surface area contributed by atoms with Crippen molar-refractivity contribution < 1.29 is 13.5 Å². The van der Waals surface area contributed by atoms with E-state index in [1.165, 1.54) is 0 Å². The first-order chi connectivity index (χ1) is 9.39. The molecule has 2 unspecified atom stereocenters. The van der Waals surface area contributed by atoms with Crippen LogP contribution in [-0.2, 0) is 16.6 Å². The molecule has 0 amide bonds. The molecule has 112 valence electrons. The van der Waals surface area contributed by atoms with Gasteiger partial charge in [0.05, 0.1) is 11.5 Å². The average Bonchev–Trinajstić information content (AvgIpc) is 2.38. The number of benzene rings is 1. The summed E-state index contributed by atoms with van der Waals surface area (Å²) >= 11 is 0. The second-order valence-electron chi connectivity index (χ2n) is 5.66. The number of sulfonamides is 1. The zero-order chi connectivity index (χ0) is 14.9. The molecule has 4 nitrogen and oxygen atoms in total. The van der Waals surface area contributed by atoms with E-state index >= 15 is 0 Å². The van der Waals surface area contributed by atoms with E-state index in [1.807, 2.05) is 13.8 Å². The highest BCUT2D eigenvalue weighted by Gasteiger charge is 2.36. The van der Waals surface area contributed by atoms with Gasteiger partial charge in [0.1, 0.15) is 0 Å². The van der Waals surface area contributed by atoms with Crippen molar-refractivity contribution in [2.75, 3.05) is 0 Å². The number of rotatable bonds is 3. The lowest BCUT2D eigenvalue weighted by molar-refractivity contribution is 0.204. The molecule has 0 radical (unpaired) electrons. The van der Waals surface area contributed by atoms with E-state index in [9.17, 15) is 13.5 Å². The predicted octanol–water partition coefficient (Wildman–Crippen LogP) is 2.44. The molecule has 1 fully saturated rings. The van der Waals surface area contributed by atoms with Crippen LogP contribution >= 0.6 is 0 Å². The van der Waals surface area contributed by atoms with E-state index in [4.69, 9.17) is 0 Å². The second kappa shape index (κ2) is 5.84. The Bertz CT molecular complexity index is 573. The van der Waals surface area contributed by atoms with Crippen molar-refractivity contribution in [1.29, 1.82) is 0 Å². The Balaban J connectivity index is 2.49. The largest absolute Gasteiger partial charge is 0.392 e. The highest BCUT2D eigenvalue weighted by Crippen LogP contribution is 2.31. The maximum absolute atomic E-state index is 12.9. The number of hydrogen-bond acceptors (Lipinski definition) is 3. The van der Waals surface area contributed by atoms with Gasteiger partial charge in [-0.1, -0.05) is 18.6 Å². The summed E-state index contributed by atoms with van der Waals surface area (Å²) in [7, 11) is -3.50. The SMILES string of the molecule is Cc1c(CO)cccc1S(=O)(=O)N1C(C)CCCC1C. The minimum atomic E-state index is -3.50. The summed E-state index contributed by atoms with van der Waals surface area (Å²) in [6, 6.07) is 5.15. The van der Waals surface area contributed by atoms with Gasteiger partial charge in [-0.25, -0.2) is 8.42 Å². The first-order valence-corrected chi connectivity index (χ1v) is 8.56. The first-order valence-electron chi connectivity index (χ1n) is 7.12. The van der Waals surface area contributed by atoms with Gasteiger partial charge >= 0.3 is 0 Å². The minimum absolute atomic E-state index is 0.0286. The molecule has 1 aromatic rings. The number of aliphatic hydroxyl groups excluding tert-OH is 1. The Morgan fingerprint density at radius 1 is 1.25 bits per heavy atom. The number of hydrogen-bond donors (Lipinski definition) is 1. The average molecular weight is 297 g/mol. The molecule has 1 heterocycles. The summed E-state index contributed by atoms with van der Waals surface area (Å²) in [6.45, 7) is 5.56. The molecule has 1 saturated heterocycles. The molecule has 0 bridgehead atoms. The molecule has 1 aliphatic rings. The molecule has 2 rings (SSSR count). The first kappa shape index (κ1) is 15.5. The Kier molecular flexibility index (Phi) is 4.52. The molecule has 20 heavy (non-hydrogen) atoms. The third-order valence-corrected chi connectivity index (χ3v) is 6.51. The smallest absolute Gasteiger partial charge is 0.243 e. The summed E-state index contributed by atoms with van der Waals surface area (Å²) in [6.07, 6.45) is 2.88. The molecule has 0 spiro atoms. The standard InChI is InChI=1S/C15H23NO3S/c1-11-6-4-7-12(2)16(11)20(18,19)15-9-5-8-14(10-17)13(15)3/h5,8-9,11-12,17H,4,6-7,10H2,1-3H3. The van der Waals surface area contributed by atoms with Crippen molar-refractivity contribution in [1.82, 2.24) is 4.31 Å². The molecule has 1 aromatic carbocycles. The van der Waals surface area contributed by atoms with Crippen LogP contribution in [0.2, 0.25) is 0 Å². The van der Waals surface area contributed by atoms with Crippen molar-refractivity contribution in [3.63, 3.8) is 0 Å². The molecule has 0 saturated carbocycles.